The number of halogens is 2. The molecule has 1 heterocycles. The number of carbonyl (C=O) groups excluding carboxylic acids is 1. The minimum atomic E-state index is -1.12. The topological polar surface area (TPSA) is 59.6 Å². The average Bonchev–Trinajstić information content (AvgIpc) is 2.30. The standard InChI is InChI=1S/C10H18ClFN2O3/c1-9(2)16-6-10(5-12,7-17-9)14-8(15)13-4-3-11/h3-7H2,1-2H3,(H2,13,14,15). The molecule has 0 atom stereocenters. The van der Waals surface area contributed by atoms with Crippen LogP contribution in [0.2, 0.25) is 0 Å². The maximum atomic E-state index is 13.0. The molecule has 17 heavy (non-hydrogen) atoms. The van der Waals surface area contributed by atoms with Gasteiger partial charge in [-0.1, -0.05) is 0 Å². The van der Waals surface area contributed by atoms with Crippen molar-refractivity contribution in [2.75, 3.05) is 32.3 Å². The maximum absolute atomic E-state index is 13.0. The minimum Gasteiger partial charge on any atom is -0.348 e. The van der Waals surface area contributed by atoms with Gasteiger partial charge in [0, 0.05) is 12.4 Å². The van der Waals surface area contributed by atoms with Crippen molar-refractivity contribution in [1.29, 1.82) is 0 Å². The predicted molar refractivity (Wildman–Crippen MR) is 61.9 cm³/mol. The largest absolute Gasteiger partial charge is 0.348 e. The Kier molecular flexibility index (Phi) is 4.97. The van der Waals surface area contributed by atoms with E-state index < -0.39 is 24.0 Å². The molecular formula is C10H18ClFN2O3. The van der Waals surface area contributed by atoms with E-state index in [0.29, 0.717) is 12.4 Å². The molecule has 1 saturated heterocycles. The molecule has 0 bridgehead atoms. The quantitative estimate of drug-likeness (QED) is 0.749. The first-order valence-corrected chi connectivity index (χ1v) is 5.92. The molecule has 1 fully saturated rings. The molecule has 0 unspecified atom stereocenters. The molecule has 0 aromatic rings. The second-order valence-electron chi connectivity index (χ2n) is 4.46. The summed E-state index contributed by atoms with van der Waals surface area (Å²) in [7, 11) is 0. The fourth-order valence-electron chi connectivity index (χ4n) is 1.34. The summed E-state index contributed by atoms with van der Waals surface area (Å²) in [4.78, 5) is 11.4. The van der Waals surface area contributed by atoms with Crippen LogP contribution in [0.15, 0.2) is 0 Å². The van der Waals surface area contributed by atoms with Gasteiger partial charge < -0.3 is 20.1 Å². The van der Waals surface area contributed by atoms with Crippen LogP contribution in [0.5, 0.6) is 0 Å². The lowest BCUT2D eigenvalue weighted by Crippen LogP contribution is -2.64. The zero-order valence-electron chi connectivity index (χ0n) is 10.0. The highest BCUT2D eigenvalue weighted by atomic mass is 35.5. The van der Waals surface area contributed by atoms with E-state index in [4.69, 9.17) is 21.1 Å². The number of hydrogen-bond donors (Lipinski definition) is 2. The smallest absolute Gasteiger partial charge is 0.315 e. The normalized spacial score (nSPS) is 21.9. The monoisotopic (exact) mass is 268 g/mol. The lowest BCUT2D eigenvalue weighted by molar-refractivity contribution is -0.271. The maximum Gasteiger partial charge on any atom is 0.315 e. The van der Waals surface area contributed by atoms with Gasteiger partial charge in [0.2, 0.25) is 0 Å². The van der Waals surface area contributed by atoms with Gasteiger partial charge in [0.25, 0.3) is 0 Å². The molecule has 0 saturated carbocycles. The molecular weight excluding hydrogens is 251 g/mol. The second-order valence-corrected chi connectivity index (χ2v) is 4.84. The van der Waals surface area contributed by atoms with Gasteiger partial charge >= 0.3 is 6.03 Å². The Balaban J connectivity index is 2.50. The van der Waals surface area contributed by atoms with Crippen molar-refractivity contribution in [3.05, 3.63) is 0 Å². The van der Waals surface area contributed by atoms with Gasteiger partial charge in [0.1, 0.15) is 12.2 Å². The zero-order chi connectivity index (χ0) is 12.9. The fraction of sp³-hybridized carbons (Fsp3) is 0.900. The molecule has 0 spiro atoms. The Bertz CT molecular complexity index is 266. The summed E-state index contributed by atoms with van der Waals surface area (Å²) in [6.45, 7) is 3.20. The van der Waals surface area contributed by atoms with Gasteiger partial charge in [-0.2, -0.15) is 0 Å². The van der Waals surface area contributed by atoms with E-state index in [0.717, 1.165) is 0 Å². The fourth-order valence-corrected chi connectivity index (χ4v) is 1.43. The van der Waals surface area contributed by atoms with E-state index in [1.54, 1.807) is 13.8 Å². The van der Waals surface area contributed by atoms with Crippen LogP contribution in [-0.4, -0.2) is 49.7 Å². The van der Waals surface area contributed by atoms with E-state index in [2.05, 4.69) is 10.6 Å². The van der Waals surface area contributed by atoms with E-state index in [9.17, 15) is 9.18 Å². The molecule has 1 aliphatic rings. The molecule has 0 aromatic heterocycles. The third-order valence-electron chi connectivity index (χ3n) is 2.41. The molecule has 7 heteroatoms. The van der Waals surface area contributed by atoms with Crippen LogP contribution in [0, 0.1) is 0 Å². The summed E-state index contributed by atoms with van der Waals surface area (Å²) >= 11 is 5.43. The molecule has 5 nitrogen and oxygen atoms in total. The van der Waals surface area contributed by atoms with E-state index >= 15 is 0 Å². The van der Waals surface area contributed by atoms with Crippen LogP contribution in [0.25, 0.3) is 0 Å². The third kappa shape index (κ3) is 4.29. The number of carbonyl (C=O) groups is 1. The highest BCUT2D eigenvalue weighted by molar-refractivity contribution is 6.18. The van der Waals surface area contributed by atoms with E-state index in [1.165, 1.54) is 0 Å². The number of rotatable bonds is 4. The third-order valence-corrected chi connectivity index (χ3v) is 2.60. The van der Waals surface area contributed by atoms with E-state index in [-0.39, 0.29) is 13.2 Å². The Morgan fingerprint density at radius 1 is 1.41 bits per heavy atom. The van der Waals surface area contributed by atoms with Crippen LogP contribution < -0.4 is 10.6 Å². The van der Waals surface area contributed by atoms with Gasteiger partial charge in [0.05, 0.1) is 13.2 Å². The molecule has 0 radical (unpaired) electrons. The summed E-state index contributed by atoms with van der Waals surface area (Å²) in [5, 5.41) is 5.02. The molecule has 0 aromatic carbocycles. The highest BCUT2D eigenvalue weighted by Crippen LogP contribution is 2.23. The number of nitrogens with one attached hydrogen (secondary N) is 2. The van der Waals surface area contributed by atoms with Gasteiger partial charge in [0.15, 0.2) is 5.79 Å². The van der Waals surface area contributed by atoms with Crippen molar-refractivity contribution in [3.8, 4) is 0 Å². The number of ether oxygens (including phenoxy) is 2. The number of hydrogen-bond acceptors (Lipinski definition) is 3. The van der Waals surface area contributed by atoms with Crippen molar-refractivity contribution in [2.45, 2.75) is 25.2 Å². The second kappa shape index (κ2) is 5.84. The number of urea groups is 1. The summed E-state index contributed by atoms with van der Waals surface area (Å²) in [5.74, 6) is -0.441. The lowest BCUT2D eigenvalue weighted by Gasteiger charge is -2.42. The Labute approximate surface area is 105 Å². The van der Waals surface area contributed by atoms with E-state index in [1.807, 2.05) is 0 Å². The van der Waals surface area contributed by atoms with Crippen molar-refractivity contribution in [1.82, 2.24) is 10.6 Å². The summed E-state index contributed by atoms with van der Waals surface area (Å²) in [5.41, 5.74) is -1.12. The molecule has 2 amide bonds. The Hall–Kier alpha value is -0.590. The first-order valence-electron chi connectivity index (χ1n) is 5.39. The summed E-state index contributed by atoms with van der Waals surface area (Å²) < 4.78 is 23.7. The van der Waals surface area contributed by atoms with Crippen LogP contribution in [0.4, 0.5) is 9.18 Å². The SMILES string of the molecule is CC1(C)OCC(CF)(NC(=O)NCCCl)CO1. The molecule has 0 aliphatic carbocycles. The zero-order valence-corrected chi connectivity index (χ0v) is 10.8. The van der Waals surface area contributed by atoms with Crippen molar-refractivity contribution in [2.24, 2.45) is 0 Å². The van der Waals surface area contributed by atoms with Crippen molar-refractivity contribution < 1.29 is 18.7 Å². The number of amides is 2. The Morgan fingerprint density at radius 2 is 2.00 bits per heavy atom. The minimum absolute atomic E-state index is 0.0742. The lowest BCUT2D eigenvalue weighted by atomic mass is 10.0. The predicted octanol–water partition coefficient (Wildman–Crippen LogP) is 1.02. The van der Waals surface area contributed by atoms with Crippen LogP contribution in [0.3, 0.4) is 0 Å². The van der Waals surface area contributed by atoms with Crippen LogP contribution in [-0.2, 0) is 9.47 Å². The van der Waals surface area contributed by atoms with Gasteiger partial charge in [-0.15, -0.1) is 11.6 Å². The first kappa shape index (κ1) is 14.5. The van der Waals surface area contributed by atoms with Crippen molar-refractivity contribution in [3.63, 3.8) is 0 Å². The van der Waals surface area contributed by atoms with Crippen molar-refractivity contribution >= 4 is 17.6 Å². The molecule has 1 rings (SSSR count). The molecule has 100 valence electrons. The Morgan fingerprint density at radius 3 is 2.47 bits per heavy atom. The van der Waals surface area contributed by atoms with Crippen LogP contribution in [0.1, 0.15) is 13.8 Å². The highest BCUT2D eigenvalue weighted by Gasteiger charge is 2.41. The number of alkyl halides is 2. The molecule has 2 N–H and O–H groups in total. The van der Waals surface area contributed by atoms with Gasteiger partial charge in [-0.3, -0.25) is 0 Å². The van der Waals surface area contributed by atoms with Gasteiger partial charge in [-0.25, -0.2) is 9.18 Å². The average molecular weight is 269 g/mol. The summed E-state index contributed by atoms with van der Waals surface area (Å²) in [6, 6.07) is -0.477. The van der Waals surface area contributed by atoms with Crippen LogP contribution >= 0.6 is 11.6 Å². The van der Waals surface area contributed by atoms with Gasteiger partial charge in [-0.05, 0) is 13.8 Å². The molecule has 1 aliphatic heterocycles. The first-order chi connectivity index (χ1) is 7.93. The summed E-state index contributed by atoms with van der Waals surface area (Å²) in [6.07, 6.45) is 0.